The first-order valence-electron chi connectivity index (χ1n) is 7.11. The fourth-order valence-corrected chi connectivity index (χ4v) is 3.01. The third-order valence-corrected chi connectivity index (χ3v) is 4.16. The van der Waals surface area contributed by atoms with Crippen molar-refractivity contribution in [1.82, 2.24) is 19.1 Å². The quantitative estimate of drug-likeness (QED) is 0.608. The van der Waals surface area contributed by atoms with Crippen molar-refractivity contribution in [2.75, 3.05) is 5.75 Å². The standard InChI is InChI=1S/C14H19N5O3S/c1-7(2)5-19-11-10(13(21)18(4)14(19)22)12(17-8(3)16-11)23-6-9(15)20/h7H,5-6H2,1-4H3,(H2,15,20). The second-order valence-corrected chi connectivity index (χ2v) is 6.64. The largest absolute Gasteiger partial charge is 0.369 e. The number of amides is 1. The Bertz CT molecular complexity index is 885. The Morgan fingerprint density at radius 2 is 1.96 bits per heavy atom. The molecule has 2 rings (SSSR count). The maximum Gasteiger partial charge on any atom is 0.332 e. The molecule has 2 aromatic rings. The predicted octanol–water partition coefficient (Wildman–Crippen LogP) is 0.0320. The first-order valence-corrected chi connectivity index (χ1v) is 8.10. The van der Waals surface area contributed by atoms with Gasteiger partial charge in [-0.2, -0.15) is 0 Å². The third kappa shape index (κ3) is 3.44. The van der Waals surface area contributed by atoms with Crippen LogP contribution in [-0.2, 0) is 18.4 Å². The van der Waals surface area contributed by atoms with Gasteiger partial charge < -0.3 is 5.73 Å². The number of fused-ring (bicyclic) bond motifs is 1. The number of carbonyl (C=O) groups excluding carboxylic acids is 1. The molecule has 0 aliphatic carbocycles. The number of carbonyl (C=O) groups is 1. The van der Waals surface area contributed by atoms with Crippen molar-refractivity contribution in [1.29, 1.82) is 0 Å². The van der Waals surface area contributed by atoms with Crippen molar-refractivity contribution in [3.05, 3.63) is 26.7 Å². The van der Waals surface area contributed by atoms with Crippen molar-refractivity contribution in [3.8, 4) is 0 Å². The van der Waals surface area contributed by atoms with E-state index in [-0.39, 0.29) is 17.1 Å². The monoisotopic (exact) mass is 337 g/mol. The highest BCUT2D eigenvalue weighted by Gasteiger charge is 2.18. The number of hydrogen-bond acceptors (Lipinski definition) is 6. The van der Waals surface area contributed by atoms with E-state index in [1.54, 1.807) is 6.92 Å². The normalized spacial score (nSPS) is 11.3. The van der Waals surface area contributed by atoms with Crippen molar-refractivity contribution in [3.63, 3.8) is 0 Å². The number of nitrogens with two attached hydrogens (primary N) is 1. The molecule has 0 aromatic carbocycles. The van der Waals surface area contributed by atoms with Gasteiger partial charge in [0.15, 0.2) is 5.65 Å². The zero-order valence-electron chi connectivity index (χ0n) is 13.5. The van der Waals surface area contributed by atoms with Gasteiger partial charge >= 0.3 is 5.69 Å². The van der Waals surface area contributed by atoms with E-state index in [4.69, 9.17) is 5.73 Å². The van der Waals surface area contributed by atoms with E-state index in [1.165, 1.54) is 11.6 Å². The summed E-state index contributed by atoms with van der Waals surface area (Å²) in [4.78, 5) is 44.5. The number of aryl methyl sites for hydroxylation is 1. The molecule has 0 saturated carbocycles. The molecule has 124 valence electrons. The van der Waals surface area contributed by atoms with Crippen LogP contribution in [0.4, 0.5) is 0 Å². The van der Waals surface area contributed by atoms with Crippen molar-refractivity contribution < 1.29 is 4.79 Å². The minimum absolute atomic E-state index is 0.00197. The van der Waals surface area contributed by atoms with Gasteiger partial charge in [-0.15, -0.1) is 0 Å². The summed E-state index contributed by atoms with van der Waals surface area (Å²) in [5.74, 6) is 0.115. The van der Waals surface area contributed by atoms with Crippen molar-refractivity contribution in [2.45, 2.75) is 32.3 Å². The van der Waals surface area contributed by atoms with Crippen LogP contribution in [0.25, 0.3) is 11.0 Å². The molecule has 0 aliphatic rings. The second kappa shape index (κ2) is 6.53. The SMILES string of the molecule is Cc1nc(SCC(N)=O)c2c(=O)n(C)c(=O)n(CC(C)C)c2n1. The van der Waals surface area contributed by atoms with Crippen LogP contribution < -0.4 is 17.0 Å². The molecule has 0 bridgehead atoms. The molecule has 2 N–H and O–H groups in total. The lowest BCUT2D eigenvalue weighted by Gasteiger charge is -2.15. The Kier molecular flexibility index (Phi) is 4.88. The summed E-state index contributed by atoms with van der Waals surface area (Å²) < 4.78 is 2.52. The van der Waals surface area contributed by atoms with Gasteiger partial charge in [-0.05, 0) is 12.8 Å². The minimum atomic E-state index is -0.508. The molecule has 0 spiro atoms. The van der Waals surface area contributed by atoms with E-state index >= 15 is 0 Å². The maximum absolute atomic E-state index is 12.5. The predicted molar refractivity (Wildman–Crippen MR) is 88.5 cm³/mol. The van der Waals surface area contributed by atoms with Gasteiger partial charge in [0.2, 0.25) is 5.91 Å². The van der Waals surface area contributed by atoms with Crippen molar-refractivity contribution >= 4 is 28.7 Å². The molecular formula is C14H19N5O3S. The highest BCUT2D eigenvalue weighted by Crippen LogP contribution is 2.22. The van der Waals surface area contributed by atoms with Crippen LogP contribution in [0.5, 0.6) is 0 Å². The van der Waals surface area contributed by atoms with Crippen LogP contribution in [0.15, 0.2) is 14.6 Å². The molecule has 0 saturated heterocycles. The zero-order valence-corrected chi connectivity index (χ0v) is 14.3. The van der Waals surface area contributed by atoms with E-state index in [2.05, 4.69) is 9.97 Å². The van der Waals surface area contributed by atoms with Gasteiger partial charge in [-0.3, -0.25) is 18.7 Å². The lowest BCUT2D eigenvalue weighted by atomic mass is 10.2. The summed E-state index contributed by atoms with van der Waals surface area (Å²) in [5.41, 5.74) is 4.57. The van der Waals surface area contributed by atoms with E-state index < -0.39 is 17.2 Å². The summed E-state index contributed by atoms with van der Waals surface area (Å²) in [6.07, 6.45) is 0. The Labute approximate surface area is 136 Å². The number of thioether (sulfide) groups is 1. The molecule has 0 atom stereocenters. The number of hydrogen-bond donors (Lipinski definition) is 1. The van der Waals surface area contributed by atoms with Gasteiger partial charge in [0.1, 0.15) is 16.2 Å². The molecule has 0 radical (unpaired) electrons. The lowest BCUT2D eigenvalue weighted by molar-refractivity contribution is -0.115. The van der Waals surface area contributed by atoms with Crippen LogP contribution >= 0.6 is 11.8 Å². The van der Waals surface area contributed by atoms with Gasteiger partial charge in [0.05, 0.1) is 5.75 Å². The summed E-state index contributed by atoms with van der Waals surface area (Å²) in [7, 11) is 1.42. The molecule has 1 amide bonds. The van der Waals surface area contributed by atoms with Crippen LogP contribution in [0.3, 0.4) is 0 Å². The first kappa shape index (κ1) is 17.2. The van der Waals surface area contributed by atoms with Crippen LogP contribution in [0.2, 0.25) is 0 Å². The first-order chi connectivity index (χ1) is 10.7. The van der Waals surface area contributed by atoms with E-state index in [0.717, 1.165) is 16.3 Å². The fraction of sp³-hybridized carbons (Fsp3) is 0.500. The lowest BCUT2D eigenvalue weighted by Crippen LogP contribution is -2.39. The summed E-state index contributed by atoms with van der Waals surface area (Å²) in [6.45, 7) is 6.05. The maximum atomic E-state index is 12.5. The third-order valence-electron chi connectivity index (χ3n) is 3.16. The average molecular weight is 337 g/mol. The van der Waals surface area contributed by atoms with Crippen LogP contribution in [0.1, 0.15) is 19.7 Å². The summed E-state index contributed by atoms with van der Waals surface area (Å²) in [6, 6.07) is 0. The molecule has 2 aromatic heterocycles. The minimum Gasteiger partial charge on any atom is -0.369 e. The molecule has 0 fully saturated rings. The number of nitrogens with zero attached hydrogens (tertiary/aromatic N) is 4. The van der Waals surface area contributed by atoms with Gasteiger partial charge in [0.25, 0.3) is 5.56 Å². The highest BCUT2D eigenvalue weighted by atomic mass is 32.2. The van der Waals surface area contributed by atoms with Crippen LogP contribution in [0, 0.1) is 12.8 Å². The average Bonchev–Trinajstić information content (AvgIpc) is 2.46. The molecule has 2 heterocycles. The van der Waals surface area contributed by atoms with E-state index in [1.807, 2.05) is 13.8 Å². The fourth-order valence-electron chi connectivity index (χ4n) is 2.21. The summed E-state index contributed by atoms with van der Waals surface area (Å²) >= 11 is 1.07. The Morgan fingerprint density at radius 3 is 2.52 bits per heavy atom. The van der Waals surface area contributed by atoms with E-state index in [0.29, 0.717) is 23.0 Å². The molecule has 0 aliphatic heterocycles. The van der Waals surface area contributed by atoms with Gasteiger partial charge in [-0.1, -0.05) is 25.6 Å². The second-order valence-electron chi connectivity index (χ2n) is 5.68. The molecule has 23 heavy (non-hydrogen) atoms. The van der Waals surface area contributed by atoms with Gasteiger partial charge in [0, 0.05) is 13.6 Å². The Balaban J connectivity index is 2.85. The molecule has 0 unspecified atom stereocenters. The summed E-state index contributed by atoms with van der Waals surface area (Å²) in [5, 5.41) is 0.606. The Morgan fingerprint density at radius 1 is 1.30 bits per heavy atom. The number of rotatable bonds is 5. The van der Waals surface area contributed by atoms with Crippen LogP contribution in [-0.4, -0.2) is 30.8 Å². The van der Waals surface area contributed by atoms with Crippen molar-refractivity contribution in [2.24, 2.45) is 18.7 Å². The van der Waals surface area contributed by atoms with E-state index in [9.17, 15) is 14.4 Å². The zero-order chi connectivity index (χ0) is 17.3. The topological polar surface area (TPSA) is 113 Å². The Hall–Kier alpha value is -2.16. The molecule has 8 nitrogen and oxygen atoms in total. The molecular weight excluding hydrogens is 318 g/mol. The number of aromatic nitrogens is 4. The molecule has 9 heteroatoms. The smallest absolute Gasteiger partial charge is 0.332 e. The van der Waals surface area contributed by atoms with Gasteiger partial charge in [-0.25, -0.2) is 14.8 Å². The highest BCUT2D eigenvalue weighted by molar-refractivity contribution is 8.00. The number of primary amides is 1.